The Kier molecular flexibility index (Phi) is 5.13. The molecule has 1 amide bonds. The summed E-state index contributed by atoms with van der Waals surface area (Å²) < 4.78 is 14.2. The second kappa shape index (κ2) is 7.83. The standard InChI is InChI=1S/C25H31FN4O/c1-17-7-8-20(26)18-15-21(28-23(17)18)24(31)27-16-25(9-10-25)19-5-3-4-6-22(19)30-13-11-29(2)12-14-30/h3-8,21,28H,9-16H2,1-2H3,(H,27,31). The van der Waals surface area contributed by atoms with Crippen LogP contribution in [0.25, 0.3) is 0 Å². The number of carbonyl (C=O) groups excluding carboxylic acids is 1. The molecule has 31 heavy (non-hydrogen) atoms. The third-order valence-electron chi connectivity index (χ3n) is 7.28. The van der Waals surface area contributed by atoms with Gasteiger partial charge in [0.2, 0.25) is 5.91 Å². The molecule has 5 nitrogen and oxygen atoms in total. The highest BCUT2D eigenvalue weighted by Crippen LogP contribution is 2.51. The number of amides is 1. The first-order valence-corrected chi connectivity index (χ1v) is 11.3. The topological polar surface area (TPSA) is 47.6 Å². The summed E-state index contributed by atoms with van der Waals surface area (Å²) in [5.41, 5.74) is 5.06. The zero-order valence-corrected chi connectivity index (χ0v) is 18.4. The number of halogens is 1. The second-order valence-electron chi connectivity index (χ2n) is 9.42. The third kappa shape index (κ3) is 3.78. The first-order chi connectivity index (χ1) is 15.0. The molecule has 1 aliphatic carbocycles. The Morgan fingerprint density at radius 3 is 2.61 bits per heavy atom. The summed E-state index contributed by atoms with van der Waals surface area (Å²) in [6, 6.07) is 11.5. The van der Waals surface area contributed by atoms with Crippen LogP contribution in [0.3, 0.4) is 0 Å². The van der Waals surface area contributed by atoms with Gasteiger partial charge in [-0.25, -0.2) is 4.39 Å². The summed E-state index contributed by atoms with van der Waals surface area (Å²) in [6.45, 7) is 6.78. The zero-order valence-electron chi connectivity index (χ0n) is 18.4. The SMILES string of the molecule is Cc1ccc(F)c2c1NC(C(=O)NCC1(c3ccccc3N3CCN(C)CC3)CC1)C2. The summed E-state index contributed by atoms with van der Waals surface area (Å²) in [6.07, 6.45) is 2.58. The number of hydrogen-bond acceptors (Lipinski definition) is 4. The molecule has 0 aromatic heterocycles. The van der Waals surface area contributed by atoms with E-state index in [-0.39, 0.29) is 17.1 Å². The van der Waals surface area contributed by atoms with E-state index in [0.29, 0.717) is 18.5 Å². The van der Waals surface area contributed by atoms with Gasteiger partial charge < -0.3 is 20.4 Å². The van der Waals surface area contributed by atoms with Gasteiger partial charge in [-0.1, -0.05) is 24.3 Å². The number of carbonyl (C=O) groups is 1. The molecule has 0 radical (unpaired) electrons. The quantitative estimate of drug-likeness (QED) is 0.778. The Bertz CT molecular complexity index is 964. The lowest BCUT2D eigenvalue weighted by Gasteiger charge is -2.36. The number of para-hydroxylation sites is 1. The van der Waals surface area contributed by atoms with Crippen LogP contribution >= 0.6 is 0 Å². The molecule has 2 fully saturated rings. The predicted octanol–water partition coefficient (Wildman–Crippen LogP) is 3.07. The summed E-state index contributed by atoms with van der Waals surface area (Å²) in [5.74, 6) is -0.276. The van der Waals surface area contributed by atoms with E-state index < -0.39 is 6.04 Å². The van der Waals surface area contributed by atoms with Gasteiger partial charge in [0.25, 0.3) is 0 Å². The Morgan fingerprint density at radius 2 is 1.90 bits per heavy atom. The number of rotatable bonds is 5. The smallest absolute Gasteiger partial charge is 0.242 e. The van der Waals surface area contributed by atoms with Crippen molar-refractivity contribution in [2.45, 2.75) is 37.6 Å². The van der Waals surface area contributed by atoms with E-state index in [9.17, 15) is 9.18 Å². The highest BCUT2D eigenvalue weighted by molar-refractivity contribution is 5.88. The Labute approximate surface area is 183 Å². The number of piperazine rings is 1. The molecule has 0 bridgehead atoms. The molecule has 2 aliphatic heterocycles. The van der Waals surface area contributed by atoms with Gasteiger partial charge in [0.1, 0.15) is 11.9 Å². The number of nitrogens with one attached hydrogen (secondary N) is 2. The highest BCUT2D eigenvalue weighted by Gasteiger charge is 2.46. The van der Waals surface area contributed by atoms with Crippen molar-refractivity contribution in [1.82, 2.24) is 10.2 Å². The maximum atomic E-state index is 14.2. The van der Waals surface area contributed by atoms with Gasteiger partial charge >= 0.3 is 0 Å². The summed E-state index contributed by atoms with van der Waals surface area (Å²) in [7, 11) is 2.17. The highest BCUT2D eigenvalue weighted by atomic mass is 19.1. The number of anilines is 2. The lowest BCUT2D eigenvalue weighted by Crippen LogP contribution is -2.45. The van der Waals surface area contributed by atoms with Crippen LogP contribution < -0.4 is 15.5 Å². The van der Waals surface area contributed by atoms with Crippen molar-refractivity contribution >= 4 is 17.3 Å². The van der Waals surface area contributed by atoms with Crippen molar-refractivity contribution in [2.75, 3.05) is 50.0 Å². The van der Waals surface area contributed by atoms with Crippen molar-refractivity contribution in [3.8, 4) is 0 Å². The fraction of sp³-hybridized carbons (Fsp3) is 0.480. The average Bonchev–Trinajstić information content (AvgIpc) is 3.43. The summed E-state index contributed by atoms with van der Waals surface area (Å²) in [5, 5.41) is 6.43. The van der Waals surface area contributed by atoms with Crippen molar-refractivity contribution < 1.29 is 9.18 Å². The molecule has 5 rings (SSSR count). The van der Waals surface area contributed by atoms with E-state index in [0.717, 1.165) is 50.3 Å². The van der Waals surface area contributed by atoms with E-state index in [4.69, 9.17) is 0 Å². The molecule has 2 heterocycles. The zero-order chi connectivity index (χ0) is 21.6. The van der Waals surface area contributed by atoms with Crippen LogP contribution in [0.15, 0.2) is 36.4 Å². The number of likely N-dealkylation sites (N-methyl/N-ethyl adjacent to an activating group) is 1. The molecule has 2 aromatic rings. The minimum atomic E-state index is -0.408. The number of nitrogens with zero attached hydrogens (tertiary/aromatic N) is 2. The molecule has 164 valence electrons. The molecule has 1 atom stereocenters. The van der Waals surface area contributed by atoms with Gasteiger partial charge in [-0.2, -0.15) is 0 Å². The fourth-order valence-electron chi connectivity index (χ4n) is 5.04. The van der Waals surface area contributed by atoms with Crippen LogP contribution in [0.5, 0.6) is 0 Å². The van der Waals surface area contributed by atoms with Gasteiger partial charge in [0, 0.05) is 61.5 Å². The lowest BCUT2D eigenvalue weighted by atomic mass is 9.93. The second-order valence-corrected chi connectivity index (χ2v) is 9.42. The van der Waals surface area contributed by atoms with Crippen LogP contribution in [0.1, 0.15) is 29.5 Å². The number of fused-ring (bicyclic) bond motifs is 1. The van der Waals surface area contributed by atoms with Crippen molar-refractivity contribution in [2.24, 2.45) is 0 Å². The Morgan fingerprint density at radius 1 is 1.16 bits per heavy atom. The third-order valence-corrected chi connectivity index (χ3v) is 7.28. The van der Waals surface area contributed by atoms with E-state index in [1.165, 1.54) is 17.3 Å². The minimum absolute atomic E-state index is 0.0161. The molecule has 0 spiro atoms. The monoisotopic (exact) mass is 422 g/mol. The first kappa shape index (κ1) is 20.3. The number of hydrogen-bond donors (Lipinski definition) is 2. The maximum absolute atomic E-state index is 14.2. The van der Waals surface area contributed by atoms with E-state index in [1.54, 1.807) is 6.07 Å². The average molecular weight is 423 g/mol. The number of aryl methyl sites for hydroxylation is 1. The molecule has 1 saturated carbocycles. The van der Waals surface area contributed by atoms with Gasteiger partial charge in [-0.3, -0.25) is 4.79 Å². The molecule has 1 saturated heterocycles. The lowest BCUT2D eigenvalue weighted by molar-refractivity contribution is -0.121. The normalized spacial score (nSPS) is 22.0. The Hall–Kier alpha value is -2.60. The van der Waals surface area contributed by atoms with Crippen LogP contribution in [0.2, 0.25) is 0 Å². The van der Waals surface area contributed by atoms with Crippen molar-refractivity contribution in [3.63, 3.8) is 0 Å². The molecular formula is C25H31FN4O. The van der Waals surface area contributed by atoms with Gasteiger partial charge in [0.05, 0.1) is 0 Å². The van der Waals surface area contributed by atoms with Gasteiger partial charge in [-0.15, -0.1) is 0 Å². The maximum Gasteiger partial charge on any atom is 0.242 e. The van der Waals surface area contributed by atoms with Gasteiger partial charge in [-0.05, 0) is 50.1 Å². The van der Waals surface area contributed by atoms with E-state index >= 15 is 0 Å². The van der Waals surface area contributed by atoms with Gasteiger partial charge in [0.15, 0.2) is 0 Å². The van der Waals surface area contributed by atoms with Crippen LogP contribution in [0, 0.1) is 12.7 Å². The molecule has 3 aliphatic rings. The summed E-state index contributed by atoms with van der Waals surface area (Å²) >= 11 is 0. The summed E-state index contributed by atoms with van der Waals surface area (Å²) in [4.78, 5) is 17.8. The van der Waals surface area contributed by atoms with Crippen LogP contribution in [0.4, 0.5) is 15.8 Å². The van der Waals surface area contributed by atoms with E-state index in [1.807, 2.05) is 6.92 Å². The molecule has 6 heteroatoms. The van der Waals surface area contributed by atoms with Crippen LogP contribution in [-0.2, 0) is 16.6 Å². The fourth-order valence-corrected chi connectivity index (χ4v) is 5.04. The Balaban J connectivity index is 1.27. The minimum Gasteiger partial charge on any atom is -0.373 e. The van der Waals surface area contributed by atoms with Crippen molar-refractivity contribution in [1.29, 1.82) is 0 Å². The molecule has 2 aromatic carbocycles. The number of benzene rings is 2. The van der Waals surface area contributed by atoms with Crippen molar-refractivity contribution in [3.05, 3.63) is 58.9 Å². The molecule has 2 N–H and O–H groups in total. The largest absolute Gasteiger partial charge is 0.373 e. The van der Waals surface area contributed by atoms with E-state index in [2.05, 4.69) is 51.7 Å². The first-order valence-electron chi connectivity index (χ1n) is 11.3. The predicted molar refractivity (Wildman–Crippen MR) is 122 cm³/mol. The molecule has 1 unspecified atom stereocenters. The molecular weight excluding hydrogens is 391 g/mol. The van der Waals surface area contributed by atoms with Crippen LogP contribution in [-0.4, -0.2) is 56.6 Å².